The van der Waals surface area contributed by atoms with Crippen LogP contribution in [-0.2, 0) is 0 Å². The molecule has 0 spiro atoms. The molecule has 0 aliphatic carbocycles. The molecule has 0 saturated carbocycles. The minimum atomic E-state index is -0.472. The Kier molecular flexibility index (Phi) is 6.21. The van der Waals surface area contributed by atoms with Crippen molar-refractivity contribution in [1.29, 1.82) is 0 Å². The van der Waals surface area contributed by atoms with Crippen molar-refractivity contribution in [2.75, 3.05) is 6.54 Å². The van der Waals surface area contributed by atoms with Gasteiger partial charge in [0.05, 0.1) is 6.10 Å². The third kappa shape index (κ3) is 4.07. The summed E-state index contributed by atoms with van der Waals surface area (Å²) in [6, 6.07) is 4.03. The number of carbonyl (C=O) groups excluding carboxylic acids is 1. The molecule has 1 aromatic carbocycles. The van der Waals surface area contributed by atoms with Crippen LogP contribution < -0.4 is 5.32 Å². The lowest BCUT2D eigenvalue weighted by molar-refractivity contribution is 0.0815. The Morgan fingerprint density at radius 2 is 1.65 bits per heavy atom. The summed E-state index contributed by atoms with van der Waals surface area (Å²) in [5, 5.41) is 12.9. The van der Waals surface area contributed by atoms with Crippen LogP contribution >= 0.6 is 0 Å². The summed E-state index contributed by atoms with van der Waals surface area (Å²) in [6.07, 6.45) is 1.38. The van der Waals surface area contributed by atoms with Crippen LogP contribution in [0.3, 0.4) is 0 Å². The van der Waals surface area contributed by atoms with E-state index < -0.39 is 6.10 Å². The summed E-state index contributed by atoms with van der Waals surface area (Å²) in [5.74, 6) is 0.153. The lowest BCUT2D eigenvalue weighted by atomic mass is 9.96. The van der Waals surface area contributed by atoms with Crippen molar-refractivity contribution in [3.05, 3.63) is 34.4 Å². The fourth-order valence-corrected chi connectivity index (χ4v) is 2.82. The summed E-state index contributed by atoms with van der Waals surface area (Å²) in [7, 11) is 0. The topological polar surface area (TPSA) is 49.3 Å². The van der Waals surface area contributed by atoms with Crippen LogP contribution in [0.15, 0.2) is 12.1 Å². The summed E-state index contributed by atoms with van der Waals surface area (Å²) in [6.45, 7) is 10.4. The highest BCUT2D eigenvalue weighted by Crippen LogP contribution is 2.17. The highest BCUT2D eigenvalue weighted by molar-refractivity contribution is 5.97. The third-order valence-electron chi connectivity index (χ3n) is 3.97. The van der Waals surface area contributed by atoms with Crippen LogP contribution in [-0.4, -0.2) is 23.7 Å². The number of amides is 1. The average Bonchev–Trinajstić information content (AvgIpc) is 2.36. The minimum absolute atomic E-state index is 0.0926. The summed E-state index contributed by atoms with van der Waals surface area (Å²) in [5.41, 5.74) is 3.86. The zero-order chi connectivity index (χ0) is 15.3. The van der Waals surface area contributed by atoms with E-state index in [4.69, 9.17) is 0 Å². The molecular weight excluding hydrogens is 250 g/mol. The van der Waals surface area contributed by atoms with Crippen LogP contribution in [0, 0.1) is 26.7 Å². The molecule has 1 aromatic rings. The zero-order valence-electron chi connectivity index (χ0n) is 13.3. The lowest BCUT2D eigenvalue weighted by Crippen LogP contribution is -2.36. The van der Waals surface area contributed by atoms with E-state index in [0.29, 0.717) is 6.54 Å². The van der Waals surface area contributed by atoms with Gasteiger partial charge >= 0.3 is 0 Å². The van der Waals surface area contributed by atoms with E-state index in [0.717, 1.165) is 35.1 Å². The molecule has 1 unspecified atom stereocenters. The van der Waals surface area contributed by atoms with Crippen molar-refractivity contribution in [2.24, 2.45) is 5.92 Å². The first-order valence-electron chi connectivity index (χ1n) is 7.44. The molecular formula is C17H27NO2. The standard InChI is InChI=1S/C17H27NO2/c1-6-14(7-2)15(19)10-18-17(20)16-12(4)8-11(3)9-13(16)5/h8-9,14-15,19H,6-7,10H2,1-5H3,(H,18,20). The van der Waals surface area contributed by atoms with Gasteiger partial charge in [-0.1, -0.05) is 44.4 Å². The van der Waals surface area contributed by atoms with Crippen LogP contribution in [0.2, 0.25) is 0 Å². The van der Waals surface area contributed by atoms with Gasteiger partial charge in [0, 0.05) is 12.1 Å². The number of nitrogens with one attached hydrogen (secondary N) is 1. The van der Waals surface area contributed by atoms with Crippen molar-refractivity contribution < 1.29 is 9.90 Å². The molecule has 0 aliphatic heterocycles. The second-order valence-corrected chi connectivity index (χ2v) is 5.63. The maximum Gasteiger partial charge on any atom is 0.251 e. The molecule has 1 atom stereocenters. The van der Waals surface area contributed by atoms with Crippen LogP contribution in [0.4, 0.5) is 0 Å². The molecule has 3 heteroatoms. The second-order valence-electron chi connectivity index (χ2n) is 5.63. The molecule has 0 bridgehead atoms. The van der Waals surface area contributed by atoms with Gasteiger partial charge in [-0.2, -0.15) is 0 Å². The smallest absolute Gasteiger partial charge is 0.251 e. The first kappa shape index (κ1) is 16.7. The van der Waals surface area contributed by atoms with E-state index in [2.05, 4.69) is 19.2 Å². The predicted molar refractivity (Wildman–Crippen MR) is 83.1 cm³/mol. The molecule has 1 amide bonds. The highest BCUT2D eigenvalue weighted by atomic mass is 16.3. The van der Waals surface area contributed by atoms with Crippen LogP contribution in [0.25, 0.3) is 0 Å². The van der Waals surface area contributed by atoms with E-state index in [1.165, 1.54) is 0 Å². The maximum atomic E-state index is 12.3. The van der Waals surface area contributed by atoms with E-state index >= 15 is 0 Å². The number of benzene rings is 1. The van der Waals surface area contributed by atoms with Gasteiger partial charge in [-0.15, -0.1) is 0 Å². The monoisotopic (exact) mass is 277 g/mol. The summed E-state index contributed by atoms with van der Waals surface area (Å²) >= 11 is 0. The number of carbonyl (C=O) groups is 1. The third-order valence-corrected chi connectivity index (χ3v) is 3.97. The molecule has 2 N–H and O–H groups in total. The van der Waals surface area contributed by atoms with Gasteiger partial charge in [0.2, 0.25) is 0 Å². The predicted octanol–water partition coefficient (Wildman–Crippen LogP) is 3.14. The van der Waals surface area contributed by atoms with Crippen molar-refractivity contribution in [2.45, 2.75) is 53.6 Å². The SMILES string of the molecule is CCC(CC)C(O)CNC(=O)c1c(C)cc(C)cc1C. The fourth-order valence-electron chi connectivity index (χ4n) is 2.82. The Morgan fingerprint density at radius 3 is 2.10 bits per heavy atom. The first-order chi connectivity index (χ1) is 9.40. The fraction of sp³-hybridized carbons (Fsp3) is 0.588. The van der Waals surface area contributed by atoms with Crippen molar-refractivity contribution in [3.8, 4) is 0 Å². The van der Waals surface area contributed by atoms with Crippen molar-refractivity contribution in [1.82, 2.24) is 5.32 Å². The highest BCUT2D eigenvalue weighted by Gasteiger charge is 2.18. The van der Waals surface area contributed by atoms with Crippen LogP contribution in [0.5, 0.6) is 0 Å². The number of aryl methyl sites for hydroxylation is 3. The van der Waals surface area contributed by atoms with Crippen molar-refractivity contribution >= 4 is 5.91 Å². The molecule has 0 heterocycles. The molecule has 20 heavy (non-hydrogen) atoms. The average molecular weight is 277 g/mol. The number of aliphatic hydroxyl groups excluding tert-OH is 1. The molecule has 1 rings (SSSR count). The molecule has 0 aromatic heterocycles. The second kappa shape index (κ2) is 7.44. The van der Waals surface area contributed by atoms with Gasteiger partial charge in [-0.05, 0) is 37.8 Å². The summed E-state index contributed by atoms with van der Waals surface area (Å²) < 4.78 is 0. The van der Waals surface area contributed by atoms with Crippen molar-refractivity contribution in [3.63, 3.8) is 0 Å². The Hall–Kier alpha value is -1.35. The van der Waals surface area contributed by atoms with Crippen LogP contribution in [0.1, 0.15) is 53.7 Å². The molecule has 112 valence electrons. The molecule has 0 saturated heterocycles. The molecule has 0 aliphatic rings. The number of aliphatic hydroxyl groups is 1. The molecule has 0 radical (unpaired) electrons. The van der Waals surface area contributed by atoms with E-state index in [1.807, 2.05) is 32.9 Å². The molecule has 3 nitrogen and oxygen atoms in total. The van der Waals surface area contributed by atoms with Gasteiger partial charge in [-0.25, -0.2) is 0 Å². The minimum Gasteiger partial charge on any atom is -0.391 e. The van der Waals surface area contributed by atoms with E-state index in [-0.39, 0.29) is 11.8 Å². The Balaban J connectivity index is 2.73. The number of hydrogen-bond donors (Lipinski definition) is 2. The Labute approximate surface area is 122 Å². The van der Waals surface area contributed by atoms with Gasteiger partial charge in [-0.3, -0.25) is 4.79 Å². The first-order valence-corrected chi connectivity index (χ1v) is 7.44. The van der Waals surface area contributed by atoms with Gasteiger partial charge in [0.25, 0.3) is 5.91 Å². The van der Waals surface area contributed by atoms with E-state index in [1.54, 1.807) is 0 Å². The largest absolute Gasteiger partial charge is 0.391 e. The lowest BCUT2D eigenvalue weighted by Gasteiger charge is -2.21. The van der Waals surface area contributed by atoms with E-state index in [9.17, 15) is 9.90 Å². The molecule has 0 fully saturated rings. The number of rotatable bonds is 6. The van der Waals surface area contributed by atoms with Gasteiger partial charge in [0.1, 0.15) is 0 Å². The maximum absolute atomic E-state index is 12.3. The normalized spacial score (nSPS) is 12.6. The Morgan fingerprint density at radius 1 is 1.15 bits per heavy atom. The number of hydrogen-bond acceptors (Lipinski definition) is 2. The Bertz CT molecular complexity index is 441. The zero-order valence-corrected chi connectivity index (χ0v) is 13.3. The van der Waals surface area contributed by atoms with Gasteiger partial charge < -0.3 is 10.4 Å². The quantitative estimate of drug-likeness (QED) is 0.839. The summed E-state index contributed by atoms with van der Waals surface area (Å²) in [4.78, 5) is 12.3. The van der Waals surface area contributed by atoms with Gasteiger partial charge in [0.15, 0.2) is 0 Å².